The van der Waals surface area contributed by atoms with Crippen molar-refractivity contribution in [3.05, 3.63) is 77.0 Å². The maximum absolute atomic E-state index is 11.7. The molecule has 6 heteroatoms. The lowest BCUT2D eigenvalue weighted by atomic mass is 10.1. The minimum absolute atomic E-state index is 0.132. The van der Waals surface area contributed by atoms with Gasteiger partial charge in [0, 0.05) is 0 Å². The fourth-order valence-electron chi connectivity index (χ4n) is 3.12. The van der Waals surface area contributed by atoms with Gasteiger partial charge in [-0.1, -0.05) is 43.9 Å². The van der Waals surface area contributed by atoms with E-state index in [-0.39, 0.29) is 5.97 Å². The lowest BCUT2D eigenvalue weighted by Gasteiger charge is -2.07. The topological polar surface area (TPSA) is 60.2 Å². The molecule has 0 fully saturated rings. The van der Waals surface area contributed by atoms with Gasteiger partial charge in [0.1, 0.15) is 5.75 Å². The first-order valence-corrected chi connectivity index (χ1v) is 12.1. The summed E-state index contributed by atoms with van der Waals surface area (Å²) in [6.07, 6.45) is 6.90. The Morgan fingerprint density at radius 2 is 1.41 bits per heavy atom. The lowest BCUT2D eigenvalue weighted by Crippen LogP contribution is -2.08. The van der Waals surface area contributed by atoms with E-state index in [0.29, 0.717) is 19.6 Å². The molecule has 0 aliphatic heterocycles. The first-order valence-electron chi connectivity index (χ1n) is 11.2. The molecule has 3 aromatic rings. The Bertz CT molecular complexity index is 925. The molecule has 168 valence electrons. The molecule has 0 aliphatic rings. The molecule has 32 heavy (non-hydrogen) atoms. The van der Waals surface area contributed by atoms with E-state index in [9.17, 15) is 4.79 Å². The van der Waals surface area contributed by atoms with Gasteiger partial charge >= 0.3 is 5.97 Å². The van der Waals surface area contributed by atoms with Crippen LogP contribution in [0.1, 0.15) is 44.1 Å². The van der Waals surface area contributed by atoms with Crippen LogP contribution in [0, 0.1) is 0 Å². The third-order valence-electron chi connectivity index (χ3n) is 4.87. The monoisotopic (exact) mass is 450 g/mol. The van der Waals surface area contributed by atoms with Crippen LogP contribution >= 0.6 is 11.3 Å². The van der Waals surface area contributed by atoms with Crippen LogP contribution in [-0.4, -0.2) is 19.2 Å². The molecule has 0 saturated heterocycles. The minimum Gasteiger partial charge on any atom is -0.494 e. The Labute approximate surface area is 194 Å². The molecule has 0 radical (unpaired) electrons. The second-order valence-electron chi connectivity index (χ2n) is 7.53. The van der Waals surface area contributed by atoms with Crippen molar-refractivity contribution < 1.29 is 14.3 Å². The average molecular weight is 451 g/mol. The summed E-state index contributed by atoms with van der Waals surface area (Å²) in [4.78, 5) is 11.7. The van der Waals surface area contributed by atoms with Crippen LogP contribution in [0.4, 0.5) is 11.4 Å². The zero-order valence-electron chi connectivity index (χ0n) is 18.3. The van der Waals surface area contributed by atoms with Gasteiger partial charge in [0.2, 0.25) is 0 Å². The van der Waals surface area contributed by atoms with E-state index in [0.717, 1.165) is 54.8 Å². The predicted molar refractivity (Wildman–Crippen MR) is 129 cm³/mol. The molecule has 0 atom stereocenters. The molecule has 2 aromatic carbocycles. The summed E-state index contributed by atoms with van der Waals surface area (Å²) < 4.78 is 11.1. The third kappa shape index (κ3) is 9.43. The molecule has 0 bridgehead atoms. The molecule has 0 amide bonds. The summed E-state index contributed by atoms with van der Waals surface area (Å²) in [5, 5.41) is 12.4. The highest BCUT2D eigenvalue weighted by molar-refractivity contribution is 7.08. The van der Waals surface area contributed by atoms with Gasteiger partial charge in [-0.2, -0.15) is 21.6 Å². The van der Waals surface area contributed by atoms with Gasteiger partial charge < -0.3 is 9.47 Å². The first kappa shape index (κ1) is 23.7. The number of carbonyl (C=O) groups is 1. The SMILES string of the molecule is O=C(Cc1ccsc1)OCCCCCCCCOc1ccc(N=Nc2ccccc2)cc1. The molecule has 1 aromatic heterocycles. The molecule has 1 heterocycles. The van der Waals surface area contributed by atoms with E-state index >= 15 is 0 Å². The van der Waals surface area contributed by atoms with Gasteiger partial charge in [-0.15, -0.1) is 0 Å². The van der Waals surface area contributed by atoms with Crippen molar-refractivity contribution in [3.63, 3.8) is 0 Å². The number of thiophene rings is 1. The number of hydrogen-bond donors (Lipinski definition) is 0. The molecule has 0 N–H and O–H groups in total. The van der Waals surface area contributed by atoms with Crippen molar-refractivity contribution in [1.82, 2.24) is 0 Å². The highest BCUT2D eigenvalue weighted by Gasteiger charge is 2.04. The highest BCUT2D eigenvalue weighted by Crippen LogP contribution is 2.21. The summed E-state index contributed by atoms with van der Waals surface area (Å²) in [6.45, 7) is 1.23. The van der Waals surface area contributed by atoms with Gasteiger partial charge in [-0.3, -0.25) is 4.79 Å². The zero-order chi connectivity index (χ0) is 22.3. The molecule has 0 spiro atoms. The van der Waals surface area contributed by atoms with Gasteiger partial charge in [0.25, 0.3) is 0 Å². The van der Waals surface area contributed by atoms with Crippen LogP contribution in [0.2, 0.25) is 0 Å². The molecular formula is C26H30N2O3S. The van der Waals surface area contributed by atoms with Crippen molar-refractivity contribution in [2.45, 2.75) is 44.9 Å². The van der Waals surface area contributed by atoms with Crippen molar-refractivity contribution in [3.8, 4) is 5.75 Å². The van der Waals surface area contributed by atoms with Crippen LogP contribution in [-0.2, 0) is 16.0 Å². The molecular weight excluding hydrogens is 420 g/mol. The summed E-state index contributed by atoms with van der Waals surface area (Å²) in [5.41, 5.74) is 2.67. The van der Waals surface area contributed by atoms with Crippen LogP contribution in [0.3, 0.4) is 0 Å². The Hall–Kier alpha value is -2.99. The summed E-state index contributed by atoms with van der Waals surface area (Å²) >= 11 is 1.60. The van der Waals surface area contributed by atoms with Crippen LogP contribution in [0.25, 0.3) is 0 Å². The van der Waals surface area contributed by atoms with Crippen molar-refractivity contribution >= 4 is 28.7 Å². The smallest absolute Gasteiger partial charge is 0.310 e. The summed E-state index contributed by atoms with van der Waals surface area (Å²) in [5.74, 6) is 0.723. The number of azo groups is 1. The Morgan fingerprint density at radius 3 is 2.09 bits per heavy atom. The van der Waals surface area contributed by atoms with Gasteiger partial charge in [-0.05, 0) is 71.6 Å². The van der Waals surface area contributed by atoms with Gasteiger partial charge in [0.05, 0.1) is 31.0 Å². The quantitative estimate of drug-likeness (QED) is 0.144. The lowest BCUT2D eigenvalue weighted by molar-refractivity contribution is -0.142. The van der Waals surface area contributed by atoms with E-state index < -0.39 is 0 Å². The number of nitrogens with zero attached hydrogens (tertiary/aromatic N) is 2. The number of unbranched alkanes of at least 4 members (excludes halogenated alkanes) is 5. The van der Waals surface area contributed by atoms with E-state index in [1.807, 2.05) is 71.4 Å². The minimum atomic E-state index is -0.132. The van der Waals surface area contributed by atoms with E-state index in [2.05, 4.69) is 10.2 Å². The number of carbonyl (C=O) groups excluding carboxylic acids is 1. The predicted octanol–water partition coefficient (Wildman–Crippen LogP) is 7.67. The van der Waals surface area contributed by atoms with Crippen LogP contribution in [0.15, 0.2) is 81.7 Å². The maximum atomic E-state index is 11.7. The zero-order valence-corrected chi connectivity index (χ0v) is 19.1. The molecule has 0 aliphatic carbocycles. The number of benzene rings is 2. The average Bonchev–Trinajstić information content (AvgIpc) is 3.33. The molecule has 5 nitrogen and oxygen atoms in total. The van der Waals surface area contributed by atoms with Gasteiger partial charge in [0.15, 0.2) is 0 Å². The fourth-order valence-corrected chi connectivity index (χ4v) is 3.79. The summed E-state index contributed by atoms with van der Waals surface area (Å²) in [7, 11) is 0. The third-order valence-corrected chi connectivity index (χ3v) is 5.60. The maximum Gasteiger partial charge on any atom is 0.310 e. The highest BCUT2D eigenvalue weighted by atomic mass is 32.1. The number of ether oxygens (including phenoxy) is 2. The second-order valence-corrected chi connectivity index (χ2v) is 8.31. The molecule has 0 saturated carbocycles. The van der Waals surface area contributed by atoms with Gasteiger partial charge in [-0.25, -0.2) is 0 Å². The number of rotatable bonds is 14. The summed E-state index contributed by atoms with van der Waals surface area (Å²) in [6, 6.07) is 19.3. The van der Waals surface area contributed by atoms with Crippen molar-refractivity contribution in [2.75, 3.05) is 13.2 Å². The number of esters is 1. The van der Waals surface area contributed by atoms with Crippen molar-refractivity contribution in [1.29, 1.82) is 0 Å². The fraction of sp³-hybridized carbons (Fsp3) is 0.346. The normalized spacial score (nSPS) is 11.0. The van der Waals surface area contributed by atoms with E-state index in [1.54, 1.807) is 11.3 Å². The first-order chi connectivity index (χ1) is 15.8. The Kier molecular flexibility index (Phi) is 10.5. The van der Waals surface area contributed by atoms with Crippen LogP contribution < -0.4 is 4.74 Å². The Morgan fingerprint density at radius 1 is 0.750 bits per heavy atom. The second kappa shape index (κ2) is 14.1. The Balaban J connectivity index is 1.17. The number of hydrogen-bond acceptors (Lipinski definition) is 6. The van der Waals surface area contributed by atoms with E-state index in [1.165, 1.54) is 6.42 Å². The van der Waals surface area contributed by atoms with Crippen molar-refractivity contribution in [2.24, 2.45) is 10.2 Å². The van der Waals surface area contributed by atoms with Crippen LogP contribution in [0.5, 0.6) is 5.75 Å². The molecule has 0 unspecified atom stereocenters. The molecule has 3 rings (SSSR count). The largest absolute Gasteiger partial charge is 0.494 e. The van der Waals surface area contributed by atoms with E-state index in [4.69, 9.17) is 9.47 Å². The standard InChI is InChI=1S/C26H30N2O3S/c29-26(20-22-16-19-32-21-22)31-18-9-4-2-1-3-8-17-30-25-14-12-24(13-15-25)28-27-23-10-6-5-7-11-23/h5-7,10-16,19,21H,1-4,8-9,17-18,20H2.